The van der Waals surface area contributed by atoms with Crippen molar-refractivity contribution in [3.8, 4) is 11.5 Å². The number of anilines is 1. The summed E-state index contributed by atoms with van der Waals surface area (Å²) in [7, 11) is 1.26. The molecule has 0 fully saturated rings. The van der Waals surface area contributed by atoms with Crippen LogP contribution in [-0.2, 0) is 23.8 Å². The van der Waals surface area contributed by atoms with Gasteiger partial charge in [0, 0.05) is 10.9 Å². The summed E-state index contributed by atoms with van der Waals surface area (Å²) in [5.74, 6) is -0.762. The molecule has 0 unspecified atom stereocenters. The number of aromatic nitrogens is 3. The van der Waals surface area contributed by atoms with Gasteiger partial charge in [-0.3, -0.25) is 4.79 Å². The Kier molecular flexibility index (Phi) is 5.62. The molecule has 35 heavy (non-hydrogen) atoms. The summed E-state index contributed by atoms with van der Waals surface area (Å²) in [5, 5.41) is 6.81. The molecule has 1 atom stereocenters. The molecule has 5 rings (SSSR count). The number of halogens is 3. The van der Waals surface area contributed by atoms with Crippen molar-refractivity contribution in [1.29, 1.82) is 0 Å². The van der Waals surface area contributed by atoms with E-state index in [1.54, 1.807) is 0 Å². The number of fused-ring (bicyclic) bond motifs is 2. The van der Waals surface area contributed by atoms with Gasteiger partial charge in [-0.05, 0) is 48.9 Å². The number of hydrogen-bond acceptors (Lipinski definition) is 7. The van der Waals surface area contributed by atoms with Gasteiger partial charge >= 0.3 is 12.1 Å². The van der Waals surface area contributed by atoms with E-state index in [0.29, 0.717) is 21.9 Å². The van der Waals surface area contributed by atoms with Gasteiger partial charge < -0.3 is 14.5 Å². The van der Waals surface area contributed by atoms with Crippen LogP contribution in [0.5, 0.6) is 0 Å². The third kappa shape index (κ3) is 4.18. The Hall–Kier alpha value is -3.67. The lowest BCUT2D eigenvalue weighted by Crippen LogP contribution is -2.17. The highest BCUT2D eigenvalue weighted by Gasteiger charge is 2.36. The molecule has 4 heterocycles. The van der Waals surface area contributed by atoms with Crippen molar-refractivity contribution in [3.05, 3.63) is 57.9 Å². The first-order chi connectivity index (χ1) is 16.7. The number of amides is 1. The molecule has 1 amide bonds. The van der Waals surface area contributed by atoms with E-state index in [4.69, 9.17) is 9.15 Å². The topological polar surface area (TPSA) is 98.7 Å². The second-order valence-electron chi connectivity index (χ2n) is 8.30. The van der Waals surface area contributed by atoms with Crippen molar-refractivity contribution in [2.24, 2.45) is 5.92 Å². The Morgan fingerprint density at radius 3 is 2.80 bits per heavy atom. The Balaban J connectivity index is 1.54. The van der Waals surface area contributed by atoms with Crippen LogP contribution in [0.2, 0.25) is 0 Å². The maximum Gasteiger partial charge on any atom is 0.433 e. The predicted molar refractivity (Wildman–Crippen MR) is 120 cm³/mol. The molecular formula is C23H19F3N4O4S. The standard InChI is InChI=1S/C23H19F3N4O4S/c1-11-5-6-12-16(8-11)35-21(19(12)22(32)33-2)28-20(31)14-10-18-27-13(15-4-3-7-34-15)9-17(23(24,25)26)30(18)29-14/h3-4,7,9-11H,5-6,8H2,1-2H3,(H,28,31)/t11-/m1/s1. The Bertz CT molecular complexity index is 1440. The average Bonchev–Trinajstić information content (AvgIpc) is 3.54. The number of methoxy groups -OCH3 is 1. The predicted octanol–water partition coefficient (Wildman–Crippen LogP) is 5.23. The number of thiophene rings is 1. The number of alkyl halides is 3. The second-order valence-corrected chi connectivity index (χ2v) is 9.41. The quantitative estimate of drug-likeness (QED) is 0.382. The van der Waals surface area contributed by atoms with Gasteiger partial charge in [-0.15, -0.1) is 11.3 Å². The van der Waals surface area contributed by atoms with Crippen molar-refractivity contribution in [3.63, 3.8) is 0 Å². The lowest BCUT2D eigenvalue weighted by atomic mass is 9.88. The van der Waals surface area contributed by atoms with Gasteiger partial charge in [-0.1, -0.05) is 6.92 Å². The molecule has 8 nitrogen and oxygen atoms in total. The fourth-order valence-electron chi connectivity index (χ4n) is 4.16. The number of esters is 1. The number of carbonyl (C=O) groups excluding carboxylic acids is 2. The van der Waals surface area contributed by atoms with E-state index in [1.165, 1.54) is 36.8 Å². The minimum Gasteiger partial charge on any atom is -0.465 e. The molecule has 12 heteroatoms. The average molecular weight is 504 g/mol. The number of furan rings is 1. The van der Waals surface area contributed by atoms with Crippen LogP contribution in [0.15, 0.2) is 34.9 Å². The van der Waals surface area contributed by atoms with E-state index in [-0.39, 0.29) is 28.4 Å². The molecule has 4 aromatic heterocycles. The maximum absolute atomic E-state index is 13.8. The van der Waals surface area contributed by atoms with E-state index < -0.39 is 23.7 Å². The van der Waals surface area contributed by atoms with Crippen molar-refractivity contribution in [1.82, 2.24) is 14.6 Å². The number of nitrogens with zero attached hydrogens (tertiary/aromatic N) is 3. The normalized spacial score (nSPS) is 15.7. The third-order valence-electron chi connectivity index (χ3n) is 5.85. The minimum atomic E-state index is -4.76. The van der Waals surface area contributed by atoms with Crippen molar-refractivity contribution in [2.75, 3.05) is 12.4 Å². The van der Waals surface area contributed by atoms with E-state index >= 15 is 0 Å². The smallest absolute Gasteiger partial charge is 0.433 e. The SMILES string of the molecule is COC(=O)c1c(NC(=O)c2cc3nc(-c4ccco4)cc(C(F)(F)F)n3n2)sc2c1CC[C@@H](C)C2. The zero-order valence-electron chi connectivity index (χ0n) is 18.6. The molecule has 1 aliphatic rings. The second kappa shape index (κ2) is 8.52. The monoisotopic (exact) mass is 504 g/mol. The molecule has 182 valence electrons. The first kappa shape index (κ1) is 23.1. The molecule has 4 aromatic rings. The van der Waals surface area contributed by atoms with Gasteiger partial charge in [0.05, 0.1) is 18.9 Å². The molecular weight excluding hydrogens is 485 g/mol. The third-order valence-corrected chi connectivity index (χ3v) is 7.02. The highest BCUT2D eigenvalue weighted by atomic mass is 32.1. The van der Waals surface area contributed by atoms with Crippen molar-refractivity contribution >= 4 is 33.9 Å². The van der Waals surface area contributed by atoms with E-state index in [9.17, 15) is 22.8 Å². The summed E-state index contributed by atoms with van der Waals surface area (Å²) in [6.45, 7) is 2.11. The highest BCUT2D eigenvalue weighted by molar-refractivity contribution is 7.17. The maximum atomic E-state index is 13.8. The largest absolute Gasteiger partial charge is 0.465 e. The van der Waals surface area contributed by atoms with Crippen LogP contribution in [0.25, 0.3) is 17.1 Å². The van der Waals surface area contributed by atoms with Gasteiger partial charge in [0.25, 0.3) is 5.91 Å². The van der Waals surface area contributed by atoms with Crippen molar-refractivity contribution in [2.45, 2.75) is 32.4 Å². The molecule has 0 saturated heterocycles. The minimum absolute atomic E-state index is 0.0466. The molecule has 0 radical (unpaired) electrons. The van der Waals surface area contributed by atoms with Crippen LogP contribution in [-0.4, -0.2) is 33.6 Å². The first-order valence-electron chi connectivity index (χ1n) is 10.7. The molecule has 0 saturated carbocycles. The van der Waals surface area contributed by atoms with E-state index in [2.05, 4.69) is 22.3 Å². The number of carbonyl (C=O) groups is 2. The van der Waals surface area contributed by atoms with Crippen LogP contribution in [0.1, 0.15) is 50.3 Å². The van der Waals surface area contributed by atoms with Crippen LogP contribution in [0.3, 0.4) is 0 Å². The zero-order chi connectivity index (χ0) is 24.9. The van der Waals surface area contributed by atoms with Crippen molar-refractivity contribution < 1.29 is 31.9 Å². The van der Waals surface area contributed by atoms with Crippen LogP contribution < -0.4 is 5.32 Å². The lowest BCUT2D eigenvalue weighted by Gasteiger charge is -2.18. The summed E-state index contributed by atoms with van der Waals surface area (Å²) in [5.41, 5.74) is -0.488. The Morgan fingerprint density at radius 2 is 2.11 bits per heavy atom. The highest BCUT2D eigenvalue weighted by Crippen LogP contribution is 2.40. The molecule has 0 aliphatic heterocycles. The number of rotatable bonds is 4. The first-order valence-corrected chi connectivity index (χ1v) is 11.5. The Labute approximate surface area is 200 Å². The lowest BCUT2D eigenvalue weighted by molar-refractivity contribution is -0.142. The summed E-state index contributed by atoms with van der Waals surface area (Å²) in [6, 6.07) is 4.98. The molecule has 0 aromatic carbocycles. The van der Waals surface area contributed by atoms with Crippen LogP contribution >= 0.6 is 11.3 Å². The molecule has 0 bridgehead atoms. The number of hydrogen-bond donors (Lipinski definition) is 1. The number of nitrogens with one attached hydrogen (secondary N) is 1. The van der Waals surface area contributed by atoms with Crippen LogP contribution in [0, 0.1) is 5.92 Å². The molecule has 1 N–H and O–H groups in total. The Morgan fingerprint density at radius 1 is 1.31 bits per heavy atom. The van der Waals surface area contributed by atoms with Gasteiger partial charge in [0.15, 0.2) is 22.8 Å². The van der Waals surface area contributed by atoms with Gasteiger partial charge in [-0.25, -0.2) is 14.3 Å². The van der Waals surface area contributed by atoms with Gasteiger partial charge in [0.1, 0.15) is 10.7 Å². The fraction of sp³-hybridized carbons (Fsp3) is 0.304. The van der Waals surface area contributed by atoms with E-state index in [1.807, 2.05) is 0 Å². The van der Waals surface area contributed by atoms with Gasteiger partial charge in [0.2, 0.25) is 0 Å². The zero-order valence-corrected chi connectivity index (χ0v) is 19.4. The number of ether oxygens (including phenoxy) is 1. The summed E-state index contributed by atoms with van der Waals surface area (Å²) >= 11 is 1.27. The molecule has 1 aliphatic carbocycles. The fourth-order valence-corrected chi connectivity index (χ4v) is 5.56. The van der Waals surface area contributed by atoms with E-state index in [0.717, 1.165) is 35.4 Å². The summed E-state index contributed by atoms with van der Waals surface area (Å²) < 4.78 is 52.0. The summed E-state index contributed by atoms with van der Waals surface area (Å²) in [6.07, 6.45) is -1.09. The summed E-state index contributed by atoms with van der Waals surface area (Å²) in [4.78, 5) is 30.7. The van der Waals surface area contributed by atoms with Crippen LogP contribution in [0.4, 0.5) is 18.2 Å². The van der Waals surface area contributed by atoms with Gasteiger partial charge in [-0.2, -0.15) is 18.3 Å². The molecule has 0 spiro atoms.